The zero-order valence-corrected chi connectivity index (χ0v) is 11.3. The molecule has 0 spiro atoms. The van der Waals surface area contributed by atoms with E-state index >= 15 is 0 Å². The minimum Gasteiger partial charge on any atom is -0.380 e. The lowest BCUT2D eigenvalue weighted by Crippen LogP contribution is -2.39. The minimum atomic E-state index is -0.107. The molecule has 2 N–H and O–H groups in total. The Labute approximate surface area is 104 Å². The maximum absolute atomic E-state index is 11.9. The van der Waals surface area contributed by atoms with Crippen LogP contribution in [-0.2, 0) is 14.3 Å². The standard InChI is InChI=1S/C12H26N2O3/c1-4-16-8-6-14(7-9-17-5-2)12(15)10-11(3)13/h11H,4-10,13H2,1-3H3. The molecule has 0 fully saturated rings. The second kappa shape index (κ2) is 10.5. The highest BCUT2D eigenvalue weighted by Gasteiger charge is 2.14. The number of hydrogen-bond acceptors (Lipinski definition) is 4. The number of nitrogens with zero attached hydrogens (tertiary/aromatic N) is 1. The van der Waals surface area contributed by atoms with Gasteiger partial charge in [-0.3, -0.25) is 4.79 Å². The molecule has 1 atom stereocenters. The van der Waals surface area contributed by atoms with Gasteiger partial charge in [-0.2, -0.15) is 0 Å². The summed E-state index contributed by atoms with van der Waals surface area (Å²) in [6.07, 6.45) is 0.373. The predicted octanol–water partition coefficient (Wildman–Crippen LogP) is 0.625. The van der Waals surface area contributed by atoms with E-state index in [0.717, 1.165) is 0 Å². The number of amides is 1. The second-order valence-electron chi connectivity index (χ2n) is 3.96. The Morgan fingerprint density at radius 2 is 1.65 bits per heavy atom. The maximum Gasteiger partial charge on any atom is 0.224 e. The van der Waals surface area contributed by atoms with Crippen LogP contribution in [0.5, 0.6) is 0 Å². The van der Waals surface area contributed by atoms with E-state index in [1.165, 1.54) is 0 Å². The van der Waals surface area contributed by atoms with Crippen LogP contribution in [-0.4, -0.2) is 56.4 Å². The van der Waals surface area contributed by atoms with E-state index < -0.39 is 0 Å². The van der Waals surface area contributed by atoms with Crippen molar-refractivity contribution >= 4 is 5.91 Å². The average molecular weight is 246 g/mol. The largest absolute Gasteiger partial charge is 0.380 e. The summed E-state index contributed by atoms with van der Waals surface area (Å²) in [4.78, 5) is 13.6. The van der Waals surface area contributed by atoms with E-state index in [2.05, 4.69) is 0 Å². The van der Waals surface area contributed by atoms with Crippen LogP contribution >= 0.6 is 0 Å². The van der Waals surface area contributed by atoms with Crippen LogP contribution in [0.3, 0.4) is 0 Å². The van der Waals surface area contributed by atoms with Gasteiger partial charge in [0, 0.05) is 38.8 Å². The monoisotopic (exact) mass is 246 g/mol. The lowest BCUT2D eigenvalue weighted by Gasteiger charge is -2.23. The summed E-state index contributed by atoms with van der Waals surface area (Å²) in [6.45, 7) is 9.38. The lowest BCUT2D eigenvalue weighted by atomic mass is 10.2. The molecule has 102 valence electrons. The fourth-order valence-electron chi connectivity index (χ4n) is 1.40. The average Bonchev–Trinajstić information content (AvgIpc) is 2.26. The third-order valence-electron chi connectivity index (χ3n) is 2.27. The number of ether oxygens (including phenoxy) is 2. The van der Waals surface area contributed by atoms with Gasteiger partial charge in [-0.25, -0.2) is 0 Å². The normalized spacial score (nSPS) is 12.5. The molecule has 0 radical (unpaired) electrons. The van der Waals surface area contributed by atoms with E-state index in [1.807, 2.05) is 20.8 Å². The molecule has 0 aliphatic carbocycles. The molecule has 1 unspecified atom stereocenters. The van der Waals surface area contributed by atoms with Gasteiger partial charge in [0.2, 0.25) is 5.91 Å². The molecule has 1 amide bonds. The Hall–Kier alpha value is -0.650. The quantitative estimate of drug-likeness (QED) is 0.574. The van der Waals surface area contributed by atoms with Crippen LogP contribution in [0.15, 0.2) is 0 Å². The predicted molar refractivity (Wildman–Crippen MR) is 67.8 cm³/mol. The van der Waals surface area contributed by atoms with Crippen molar-refractivity contribution in [1.82, 2.24) is 4.90 Å². The van der Waals surface area contributed by atoms with E-state index in [0.29, 0.717) is 45.9 Å². The highest BCUT2D eigenvalue weighted by molar-refractivity contribution is 5.76. The first-order chi connectivity index (χ1) is 8.11. The molecule has 5 heteroatoms. The van der Waals surface area contributed by atoms with E-state index in [-0.39, 0.29) is 11.9 Å². The van der Waals surface area contributed by atoms with Crippen molar-refractivity contribution in [1.29, 1.82) is 0 Å². The van der Waals surface area contributed by atoms with Gasteiger partial charge in [-0.1, -0.05) is 0 Å². The molecule has 0 saturated heterocycles. The SMILES string of the molecule is CCOCCN(CCOCC)C(=O)CC(C)N. The number of rotatable bonds is 10. The lowest BCUT2D eigenvalue weighted by molar-refractivity contribution is -0.133. The van der Waals surface area contributed by atoms with Crippen LogP contribution in [0.1, 0.15) is 27.2 Å². The van der Waals surface area contributed by atoms with Gasteiger partial charge in [0.15, 0.2) is 0 Å². The highest BCUT2D eigenvalue weighted by Crippen LogP contribution is 1.98. The first-order valence-electron chi connectivity index (χ1n) is 6.30. The van der Waals surface area contributed by atoms with Crippen molar-refractivity contribution in [2.75, 3.05) is 39.5 Å². The van der Waals surface area contributed by atoms with Crippen molar-refractivity contribution in [3.63, 3.8) is 0 Å². The molecule has 0 aliphatic heterocycles. The van der Waals surface area contributed by atoms with Crippen molar-refractivity contribution < 1.29 is 14.3 Å². The molecule has 0 rings (SSSR count). The summed E-state index contributed by atoms with van der Waals surface area (Å²) in [7, 11) is 0. The fourth-order valence-corrected chi connectivity index (χ4v) is 1.40. The molecule has 17 heavy (non-hydrogen) atoms. The fraction of sp³-hybridized carbons (Fsp3) is 0.917. The minimum absolute atomic E-state index is 0.0689. The van der Waals surface area contributed by atoms with Crippen LogP contribution in [0.4, 0.5) is 0 Å². The maximum atomic E-state index is 11.9. The molecule has 0 aromatic carbocycles. The van der Waals surface area contributed by atoms with Gasteiger partial charge in [-0.05, 0) is 20.8 Å². The van der Waals surface area contributed by atoms with E-state index in [9.17, 15) is 4.79 Å². The van der Waals surface area contributed by atoms with Crippen molar-refractivity contribution in [3.05, 3.63) is 0 Å². The van der Waals surface area contributed by atoms with Crippen LogP contribution in [0.25, 0.3) is 0 Å². The van der Waals surface area contributed by atoms with Gasteiger partial charge in [-0.15, -0.1) is 0 Å². The molecule has 0 bridgehead atoms. The molecular weight excluding hydrogens is 220 g/mol. The first-order valence-corrected chi connectivity index (χ1v) is 6.30. The molecule has 0 heterocycles. The summed E-state index contributed by atoms with van der Waals surface area (Å²) in [5.74, 6) is 0.0689. The van der Waals surface area contributed by atoms with Crippen LogP contribution in [0.2, 0.25) is 0 Å². The number of nitrogens with two attached hydrogens (primary N) is 1. The Kier molecular flexibility index (Phi) is 10.1. The topological polar surface area (TPSA) is 64.8 Å². The van der Waals surface area contributed by atoms with Gasteiger partial charge < -0.3 is 20.1 Å². The molecule has 0 saturated carbocycles. The number of carbonyl (C=O) groups excluding carboxylic acids is 1. The van der Waals surface area contributed by atoms with Crippen molar-refractivity contribution in [2.45, 2.75) is 33.2 Å². The Balaban J connectivity index is 4.03. The first kappa shape index (κ1) is 16.4. The summed E-state index contributed by atoms with van der Waals surface area (Å²) in [5.41, 5.74) is 5.63. The molecular formula is C12H26N2O3. The van der Waals surface area contributed by atoms with Crippen LogP contribution < -0.4 is 5.73 Å². The summed E-state index contributed by atoms with van der Waals surface area (Å²) >= 11 is 0. The second-order valence-corrected chi connectivity index (χ2v) is 3.96. The van der Waals surface area contributed by atoms with Gasteiger partial charge >= 0.3 is 0 Å². The Morgan fingerprint density at radius 1 is 1.18 bits per heavy atom. The summed E-state index contributed by atoms with van der Waals surface area (Å²) < 4.78 is 10.5. The van der Waals surface area contributed by atoms with E-state index in [1.54, 1.807) is 4.90 Å². The summed E-state index contributed by atoms with van der Waals surface area (Å²) in [6, 6.07) is -0.107. The van der Waals surface area contributed by atoms with Gasteiger partial charge in [0.25, 0.3) is 0 Å². The number of carbonyl (C=O) groups is 1. The highest BCUT2D eigenvalue weighted by atomic mass is 16.5. The Morgan fingerprint density at radius 3 is 2.00 bits per heavy atom. The Bertz CT molecular complexity index is 188. The molecule has 0 aromatic rings. The van der Waals surface area contributed by atoms with Gasteiger partial charge in [0.05, 0.1) is 13.2 Å². The third-order valence-corrected chi connectivity index (χ3v) is 2.27. The molecule has 0 aliphatic rings. The smallest absolute Gasteiger partial charge is 0.224 e. The van der Waals surface area contributed by atoms with Crippen LogP contribution in [0, 0.1) is 0 Å². The number of hydrogen-bond donors (Lipinski definition) is 1. The molecule has 5 nitrogen and oxygen atoms in total. The van der Waals surface area contributed by atoms with Gasteiger partial charge in [0.1, 0.15) is 0 Å². The third kappa shape index (κ3) is 9.09. The zero-order chi connectivity index (χ0) is 13.1. The summed E-state index contributed by atoms with van der Waals surface area (Å²) in [5, 5.41) is 0. The zero-order valence-electron chi connectivity index (χ0n) is 11.3. The van der Waals surface area contributed by atoms with E-state index in [4.69, 9.17) is 15.2 Å². The molecule has 0 aromatic heterocycles. The van der Waals surface area contributed by atoms with Crippen molar-refractivity contribution in [2.24, 2.45) is 5.73 Å². The van der Waals surface area contributed by atoms with Crippen molar-refractivity contribution in [3.8, 4) is 0 Å².